The zero-order valence-corrected chi connectivity index (χ0v) is 9.96. The van der Waals surface area contributed by atoms with Gasteiger partial charge in [0.15, 0.2) is 0 Å². The lowest BCUT2D eigenvalue weighted by Crippen LogP contribution is -2.02. The molecule has 0 aliphatic carbocycles. The Hall–Kier alpha value is -0.730. The van der Waals surface area contributed by atoms with E-state index < -0.39 is 0 Å². The van der Waals surface area contributed by atoms with Gasteiger partial charge in [-0.1, -0.05) is 12.1 Å². The number of benzene rings is 1. The van der Waals surface area contributed by atoms with E-state index in [1.54, 1.807) is 7.11 Å². The van der Waals surface area contributed by atoms with Gasteiger partial charge in [0.2, 0.25) is 0 Å². The summed E-state index contributed by atoms with van der Waals surface area (Å²) in [5.41, 5.74) is 1.13. The first kappa shape index (κ1) is 12.3. The largest absolute Gasteiger partial charge is 0.497 e. The molecule has 0 fully saturated rings. The predicted octanol–water partition coefficient (Wildman–Crippen LogP) is 3.40. The number of hydrogen-bond donors (Lipinski definition) is 0. The molecular weight excluding hydrogens is 212 g/mol. The van der Waals surface area contributed by atoms with Crippen molar-refractivity contribution in [1.82, 2.24) is 0 Å². The summed E-state index contributed by atoms with van der Waals surface area (Å²) in [4.78, 5) is 0. The van der Waals surface area contributed by atoms with E-state index in [0.29, 0.717) is 12.5 Å². The Balaban J connectivity index is 2.52. The Bertz CT molecular complexity index is 289. The summed E-state index contributed by atoms with van der Waals surface area (Å²) in [6.45, 7) is 2.73. The summed E-state index contributed by atoms with van der Waals surface area (Å²) in [6.07, 6.45) is 0.971. The fourth-order valence-corrected chi connectivity index (χ4v) is 1.41. The zero-order chi connectivity index (χ0) is 11.1. The van der Waals surface area contributed by atoms with Gasteiger partial charge in [-0.3, -0.25) is 0 Å². The van der Waals surface area contributed by atoms with E-state index in [2.05, 4.69) is 0 Å². The summed E-state index contributed by atoms with van der Waals surface area (Å²) in [5.74, 6) is 1.51. The van der Waals surface area contributed by atoms with E-state index in [4.69, 9.17) is 21.1 Å². The van der Waals surface area contributed by atoms with Crippen molar-refractivity contribution in [1.29, 1.82) is 0 Å². The minimum atomic E-state index is 0.0864. The summed E-state index contributed by atoms with van der Waals surface area (Å²) >= 11 is 5.58. The third-order valence-corrected chi connectivity index (χ3v) is 2.48. The summed E-state index contributed by atoms with van der Waals surface area (Å²) in [7, 11) is 1.66. The molecule has 0 spiro atoms. The standard InChI is InChI=1S/C12H17ClO2/c1-10(15-8-4-7-13)11-5-3-6-12(9-11)14-2/h3,5-6,9-10H,4,7-8H2,1-2H3. The van der Waals surface area contributed by atoms with Crippen LogP contribution in [0.2, 0.25) is 0 Å². The molecule has 3 heteroatoms. The van der Waals surface area contributed by atoms with Gasteiger partial charge in [-0.25, -0.2) is 0 Å². The van der Waals surface area contributed by atoms with Gasteiger partial charge in [-0.2, -0.15) is 0 Å². The first-order chi connectivity index (χ1) is 7.27. The lowest BCUT2D eigenvalue weighted by Gasteiger charge is -2.13. The smallest absolute Gasteiger partial charge is 0.119 e. The normalized spacial score (nSPS) is 12.5. The zero-order valence-electron chi connectivity index (χ0n) is 9.20. The van der Waals surface area contributed by atoms with Crippen molar-refractivity contribution < 1.29 is 9.47 Å². The number of methoxy groups -OCH3 is 1. The molecule has 0 radical (unpaired) electrons. The van der Waals surface area contributed by atoms with E-state index in [0.717, 1.165) is 17.7 Å². The van der Waals surface area contributed by atoms with E-state index in [1.807, 2.05) is 31.2 Å². The maximum atomic E-state index is 5.63. The van der Waals surface area contributed by atoms with Crippen molar-refractivity contribution in [3.05, 3.63) is 29.8 Å². The molecule has 84 valence electrons. The van der Waals surface area contributed by atoms with Crippen LogP contribution in [0.3, 0.4) is 0 Å². The lowest BCUT2D eigenvalue weighted by molar-refractivity contribution is 0.0665. The Morgan fingerprint density at radius 1 is 1.40 bits per heavy atom. The van der Waals surface area contributed by atoms with Crippen molar-refractivity contribution in [2.24, 2.45) is 0 Å². The molecule has 0 heterocycles. The van der Waals surface area contributed by atoms with Crippen LogP contribution < -0.4 is 4.74 Å². The van der Waals surface area contributed by atoms with Crippen molar-refractivity contribution in [3.8, 4) is 5.75 Å². The van der Waals surface area contributed by atoms with Gasteiger partial charge in [0.1, 0.15) is 5.75 Å². The molecule has 2 nitrogen and oxygen atoms in total. The highest BCUT2D eigenvalue weighted by Gasteiger charge is 2.05. The molecule has 0 bridgehead atoms. The van der Waals surface area contributed by atoms with Crippen molar-refractivity contribution >= 4 is 11.6 Å². The Morgan fingerprint density at radius 2 is 2.20 bits per heavy atom. The topological polar surface area (TPSA) is 18.5 Å². The van der Waals surface area contributed by atoms with Gasteiger partial charge in [-0.15, -0.1) is 11.6 Å². The fraction of sp³-hybridized carbons (Fsp3) is 0.500. The summed E-state index contributed by atoms with van der Waals surface area (Å²) in [6, 6.07) is 7.92. The second kappa shape index (κ2) is 6.70. The molecule has 1 unspecified atom stereocenters. The highest BCUT2D eigenvalue weighted by molar-refractivity contribution is 6.17. The Kier molecular flexibility index (Phi) is 5.51. The average Bonchev–Trinajstić information content (AvgIpc) is 2.29. The van der Waals surface area contributed by atoms with Gasteiger partial charge in [0.05, 0.1) is 13.2 Å². The van der Waals surface area contributed by atoms with Crippen LogP contribution >= 0.6 is 11.6 Å². The van der Waals surface area contributed by atoms with Gasteiger partial charge in [0.25, 0.3) is 0 Å². The molecule has 0 amide bonds. The van der Waals surface area contributed by atoms with Gasteiger partial charge in [-0.05, 0) is 31.0 Å². The second-order valence-electron chi connectivity index (χ2n) is 3.33. The number of alkyl halides is 1. The molecule has 0 aromatic heterocycles. The minimum Gasteiger partial charge on any atom is -0.497 e. The molecular formula is C12H17ClO2. The monoisotopic (exact) mass is 228 g/mol. The molecule has 15 heavy (non-hydrogen) atoms. The maximum absolute atomic E-state index is 5.63. The van der Waals surface area contributed by atoms with Crippen LogP contribution in [0.4, 0.5) is 0 Å². The lowest BCUT2D eigenvalue weighted by atomic mass is 10.1. The molecule has 0 aliphatic heterocycles. The third-order valence-electron chi connectivity index (χ3n) is 2.21. The minimum absolute atomic E-state index is 0.0864. The molecule has 1 rings (SSSR count). The van der Waals surface area contributed by atoms with Gasteiger partial charge >= 0.3 is 0 Å². The quantitative estimate of drug-likeness (QED) is 0.549. The third kappa shape index (κ3) is 4.10. The molecule has 0 N–H and O–H groups in total. The molecule has 0 saturated carbocycles. The molecule has 0 aliphatic rings. The van der Waals surface area contributed by atoms with E-state index in [9.17, 15) is 0 Å². The van der Waals surface area contributed by atoms with Crippen LogP contribution in [0.15, 0.2) is 24.3 Å². The van der Waals surface area contributed by atoms with Crippen molar-refractivity contribution in [2.45, 2.75) is 19.4 Å². The summed E-state index contributed by atoms with van der Waals surface area (Å²) < 4.78 is 10.8. The van der Waals surface area contributed by atoms with Crippen LogP contribution in [0.5, 0.6) is 5.75 Å². The number of ether oxygens (including phenoxy) is 2. The predicted molar refractivity (Wildman–Crippen MR) is 62.7 cm³/mol. The SMILES string of the molecule is COc1cccc(C(C)OCCCCl)c1. The van der Waals surface area contributed by atoms with E-state index in [-0.39, 0.29) is 6.10 Å². The van der Waals surface area contributed by atoms with Crippen molar-refractivity contribution in [3.63, 3.8) is 0 Å². The molecule has 0 saturated heterocycles. The molecule has 1 aromatic rings. The Labute approximate surface area is 96.2 Å². The van der Waals surface area contributed by atoms with Crippen LogP contribution in [0.1, 0.15) is 25.0 Å². The van der Waals surface area contributed by atoms with Gasteiger partial charge in [0, 0.05) is 12.5 Å². The van der Waals surface area contributed by atoms with Crippen LogP contribution in [0, 0.1) is 0 Å². The maximum Gasteiger partial charge on any atom is 0.119 e. The van der Waals surface area contributed by atoms with Crippen LogP contribution in [-0.4, -0.2) is 19.6 Å². The van der Waals surface area contributed by atoms with E-state index in [1.165, 1.54) is 0 Å². The van der Waals surface area contributed by atoms with Crippen LogP contribution in [0.25, 0.3) is 0 Å². The average molecular weight is 229 g/mol. The first-order valence-corrected chi connectivity index (χ1v) is 5.63. The highest BCUT2D eigenvalue weighted by Crippen LogP contribution is 2.21. The number of rotatable bonds is 6. The molecule has 1 atom stereocenters. The Morgan fingerprint density at radius 3 is 2.87 bits per heavy atom. The summed E-state index contributed by atoms with van der Waals surface area (Å²) in [5, 5.41) is 0. The van der Waals surface area contributed by atoms with Gasteiger partial charge < -0.3 is 9.47 Å². The van der Waals surface area contributed by atoms with Crippen LogP contribution in [-0.2, 0) is 4.74 Å². The second-order valence-corrected chi connectivity index (χ2v) is 3.71. The fourth-order valence-electron chi connectivity index (χ4n) is 1.31. The number of hydrogen-bond acceptors (Lipinski definition) is 2. The molecule has 1 aromatic carbocycles. The van der Waals surface area contributed by atoms with E-state index >= 15 is 0 Å². The highest BCUT2D eigenvalue weighted by atomic mass is 35.5. The number of halogens is 1. The van der Waals surface area contributed by atoms with Crippen molar-refractivity contribution in [2.75, 3.05) is 19.6 Å². The first-order valence-electron chi connectivity index (χ1n) is 5.09.